The second kappa shape index (κ2) is 9.15. The van der Waals surface area contributed by atoms with Crippen molar-refractivity contribution in [2.24, 2.45) is 0 Å². The van der Waals surface area contributed by atoms with Gasteiger partial charge >= 0.3 is 0 Å². The van der Waals surface area contributed by atoms with E-state index < -0.39 is 0 Å². The Morgan fingerprint density at radius 1 is 0.962 bits per heavy atom. The second-order valence-corrected chi connectivity index (χ2v) is 6.96. The van der Waals surface area contributed by atoms with Crippen molar-refractivity contribution in [3.8, 4) is 0 Å². The molecule has 0 radical (unpaired) electrons. The van der Waals surface area contributed by atoms with E-state index in [0.29, 0.717) is 6.54 Å². The molecule has 0 saturated heterocycles. The van der Waals surface area contributed by atoms with Crippen LogP contribution in [0.5, 0.6) is 0 Å². The van der Waals surface area contributed by atoms with Crippen LogP contribution in [0.1, 0.15) is 16.7 Å². The molecule has 2 N–H and O–H groups in total. The maximum Gasteiger partial charge on any atom is 0.277 e. The van der Waals surface area contributed by atoms with Gasteiger partial charge in [0.2, 0.25) is 5.91 Å². The molecule has 0 aliphatic rings. The molecule has 0 bridgehead atoms. The molecule has 5 nitrogen and oxygen atoms in total. The first kappa shape index (κ1) is 19.7. The zero-order valence-corrected chi connectivity index (χ0v) is 16.0. The molecule has 2 aromatic carbocycles. The van der Waals surface area contributed by atoms with E-state index in [1.54, 1.807) is 7.05 Å². The minimum absolute atomic E-state index is 0.0462. The third-order valence-electron chi connectivity index (χ3n) is 4.22. The van der Waals surface area contributed by atoms with Crippen molar-refractivity contribution in [3.05, 3.63) is 65.2 Å². The van der Waals surface area contributed by atoms with Crippen LogP contribution < -0.4 is 10.2 Å². The molecular formula is C21H28N3O2+. The molecule has 0 aliphatic carbocycles. The Balaban J connectivity index is 1.79. The lowest BCUT2D eigenvalue weighted by atomic mass is 10.1. The topological polar surface area (TPSA) is 53.9 Å². The van der Waals surface area contributed by atoms with Gasteiger partial charge in [0.05, 0.1) is 13.6 Å². The molecular weight excluding hydrogens is 326 g/mol. The Bertz CT molecular complexity index is 739. The predicted octanol–water partition coefficient (Wildman–Crippen LogP) is 1.42. The van der Waals surface area contributed by atoms with Gasteiger partial charge in [-0.1, -0.05) is 47.5 Å². The largest absolute Gasteiger partial charge is 0.332 e. The Hall–Kier alpha value is -2.66. The summed E-state index contributed by atoms with van der Waals surface area (Å²) >= 11 is 0. The summed E-state index contributed by atoms with van der Waals surface area (Å²) in [4.78, 5) is 27.0. The van der Waals surface area contributed by atoms with E-state index in [1.807, 2.05) is 38.2 Å². The fourth-order valence-corrected chi connectivity index (χ4v) is 2.65. The third-order valence-corrected chi connectivity index (χ3v) is 4.22. The van der Waals surface area contributed by atoms with Crippen molar-refractivity contribution in [2.45, 2.75) is 20.4 Å². The van der Waals surface area contributed by atoms with Crippen molar-refractivity contribution in [1.82, 2.24) is 4.90 Å². The highest BCUT2D eigenvalue weighted by Gasteiger charge is 2.17. The maximum atomic E-state index is 12.4. The van der Waals surface area contributed by atoms with Gasteiger partial charge in [-0.15, -0.1) is 0 Å². The highest BCUT2D eigenvalue weighted by molar-refractivity contribution is 5.94. The summed E-state index contributed by atoms with van der Waals surface area (Å²) in [6, 6.07) is 15.9. The molecule has 26 heavy (non-hydrogen) atoms. The maximum absolute atomic E-state index is 12.4. The van der Waals surface area contributed by atoms with Gasteiger partial charge in [0.15, 0.2) is 6.54 Å². The van der Waals surface area contributed by atoms with E-state index in [2.05, 4.69) is 36.5 Å². The number of anilines is 1. The van der Waals surface area contributed by atoms with Gasteiger partial charge in [0.1, 0.15) is 6.54 Å². The average molecular weight is 354 g/mol. The van der Waals surface area contributed by atoms with Crippen molar-refractivity contribution in [2.75, 3.05) is 32.5 Å². The molecule has 1 unspecified atom stereocenters. The Morgan fingerprint density at radius 2 is 1.50 bits per heavy atom. The molecule has 0 heterocycles. The SMILES string of the molecule is Cc1ccc(C[NH+](C)CC(=O)N(C)CC(=O)Nc2ccc(C)cc2)cc1. The summed E-state index contributed by atoms with van der Waals surface area (Å²) in [6.45, 7) is 5.22. The van der Waals surface area contributed by atoms with Crippen LogP contribution in [-0.4, -0.2) is 43.9 Å². The fraction of sp³-hybridized carbons (Fsp3) is 0.333. The molecule has 5 heteroatoms. The van der Waals surface area contributed by atoms with E-state index in [-0.39, 0.29) is 18.4 Å². The summed E-state index contributed by atoms with van der Waals surface area (Å²) < 4.78 is 0. The summed E-state index contributed by atoms with van der Waals surface area (Å²) in [7, 11) is 3.65. The summed E-state index contributed by atoms with van der Waals surface area (Å²) in [5, 5.41) is 2.81. The van der Waals surface area contributed by atoms with Crippen molar-refractivity contribution in [3.63, 3.8) is 0 Å². The first-order valence-electron chi connectivity index (χ1n) is 8.81. The molecule has 0 spiro atoms. The first-order chi connectivity index (χ1) is 12.3. The number of hydrogen-bond acceptors (Lipinski definition) is 2. The number of benzene rings is 2. The van der Waals surface area contributed by atoms with Gasteiger partial charge in [-0.3, -0.25) is 9.59 Å². The molecule has 2 rings (SSSR count). The number of hydrogen-bond donors (Lipinski definition) is 2. The molecule has 0 aromatic heterocycles. The number of aryl methyl sites for hydroxylation is 2. The van der Waals surface area contributed by atoms with Crippen LogP contribution in [0.4, 0.5) is 5.69 Å². The van der Waals surface area contributed by atoms with Gasteiger partial charge < -0.3 is 15.1 Å². The average Bonchev–Trinajstić information content (AvgIpc) is 2.58. The molecule has 2 aromatic rings. The van der Waals surface area contributed by atoms with Crippen molar-refractivity contribution in [1.29, 1.82) is 0 Å². The zero-order chi connectivity index (χ0) is 19.1. The van der Waals surface area contributed by atoms with E-state index >= 15 is 0 Å². The minimum Gasteiger partial charge on any atom is -0.332 e. The number of carbonyl (C=O) groups is 2. The van der Waals surface area contributed by atoms with Crippen LogP contribution in [0.2, 0.25) is 0 Å². The van der Waals surface area contributed by atoms with Gasteiger partial charge in [-0.2, -0.15) is 0 Å². The second-order valence-electron chi connectivity index (χ2n) is 6.96. The van der Waals surface area contributed by atoms with E-state index in [4.69, 9.17) is 0 Å². The number of amides is 2. The highest BCUT2D eigenvalue weighted by atomic mass is 16.2. The van der Waals surface area contributed by atoms with E-state index in [0.717, 1.165) is 22.7 Å². The quantitative estimate of drug-likeness (QED) is 0.790. The van der Waals surface area contributed by atoms with E-state index in [1.165, 1.54) is 16.0 Å². The smallest absolute Gasteiger partial charge is 0.277 e. The first-order valence-corrected chi connectivity index (χ1v) is 8.81. The molecule has 0 fully saturated rings. The van der Waals surface area contributed by atoms with Crippen LogP contribution >= 0.6 is 0 Å². The number of quaternary nitrogens is 1. The van der Waals surface area contributed by atoms with Crippen molar-refractivity contribution < 1.29 is 14.5 Å². The van der Waals surface area contributed by atoms with Gasteiger partial charge in [-0.25, -0.2) is 0 Å². The third kappa shape index (κ3) is 6.33. The number of nitrogens with zero attached hydrogens (tertiary/aromatic N) is 1. The van der Waals surface area contributed by atoms with Crippen LogP contribution in [0.3, 0.4) is 0 Å². The lowest BCUT2D eigenvalue weighted by Crippen LogP contribution is -3.08. The summed E-state index contributed by atoms with van der Waals surface area (Å²) in [5.41, 5.74) is 4.29. The number of rotatable bonds is 7. The molecule has 138 valence electrons. The van der Waals surface area contributed by atoms with Crippen molar-refractivity contribution >= 4 is 17.5 Å². The predicted molar refractivity (Wildman–Crippen MR) is 104 cm³/mol. The number of carbonyl (C=O) groups excluding carboxylic acids is 2. The van der Waals surface area contributed by atoms with Gasteiger partial charge in [0.25, 0.3) is 5.91 Å². The molecule has 0 aliphatic heterocycles. The normalized spacial score (nSPS) is 11.7. The standard InChI is InChI=1S/C21H27N3O2/c1-16-5-9-18(10-6-16)13-23(3)15-21(26)24(4)14-20(25)22-19-11-7-17(2)8-12-19/h5-12H,13-15H2,1-4H3,(H,22,25)/p+1. The van der Waals surface area contributed by atoms with Crippen LogP contribution in [0.25, 0.3) is 0 Å². The Morgan fingerprint density at radius 3 is 2.08 bits per heavy atom. The van der Waals surface area contributed by atoms with E-state index in [9.17, 15) is 9.59 Å². The molecule has 2 amide bonds. The summed E-state index contributed by atoms with van der Waals surface area (Å²) in [6.07, 6.45) is 0. The lowest BCUT2D eigenvalue weighted by Gasteiger charge is -2.20. The zero-order valence-electron chi connectivity index (χ0n) is 16.0. The Labute approximate surface area is 155 Å². The number of likely N-dealkylation sites (N-methyl/N-ethyl adjacent to an activating group) is 2. The molecule has 1 atom stereocenters. The monoisotopic (exact) mass is 354 g/mol. The minimum atomic E-state index is -0.194. The van der Waals surface area contributed by atoms with Gasteiger partial charge in [-0.05, 0) is 26.0 Å². The number of nitrogens with one attached hydrogen (secondary N) is 2. The summed E-state index contributed by atoms with van der Waals surface area (Å²) in [5.74, 6) is -0.241. The lowest BCUT2D eigenvalue weighted by molar-refractivity contribution is -0.885. The van der Waals surface area contributed by atoms with Crippen LogP contribution in [0.15, 0.2) is 48.5 Å². The fourth-order valence-electron chi connectivity index (χ4n) is 2.65. The Kier molecular flexibility index (Phi) is 6.92. The van der Waals surface area contributed by atoms with Crippen LogP contribution in [0, 0.1) is 13.8 Å². The molecule has 0 saturated carbocycles. The van der Waals surface area contributed by atoms with Gasteiger partial charge in [0, 0.05) is 18.3 Å². The van der Waals surface area contributed by atoms with Crippen LogP contribution in [-0.2, 0) is 16.1 Å². The highest BCUT2D eigenvalue weighted by Crippen LogP contribution is 2.08.